The van der Waals surface area contributed by atoms with Gasteiger partial charge in [0.05, 0.1) is 24.9 Å². The summed E-state index contributed by atoms with van der Waals surface area (Å²) >= 11 is 0. The first-order valence-corrected chi connectivity index (χ1v) is 8.14. The molecule has 3 saturated heterocycles. The molecule has 0 radical (unpaired) electrons. The van der Waals surface area contributed by atoms with Gasteiger partial charge in [-0.25, -0.2) is 9.18 Å². The Labute approximate surface area is 138 Å². The first kappa shape index (κ1) is 16.0. The summed E-state index contributed by atoms with van der Waals surface area (Å²) in [6, 6.07) is 5.75. The van der Waals surface area contributed by atoms with E-state index in [1.165, 1.54) is 18.2 Å². The minimum Gasteiger partial charge on any atom is -0.453 e. The largest absolute Gasteiger partial charge is 0.453 e. The van der Waals surface area contributed by atoms with Crippen molar-refractivity contribution in [1.29, 1.82) is 0 Å². The van der Waals surface area contributed by atoms with E-state index in [0.717, 1.165) is 6.42 Å². The molecule has 0 aromatic heterocycles. The number of carbonyl (C=O) groups excluding carboxylic acids is 1. The van der Waals surface area contributed by atoms with Crippen LogP contribution in [-0.2, 0) is 23.7 Å². The van der Waals surface area contributed by atoms with Gasteiger partial charge in [-0.15, -0.1) is 0 Å². The Kier molecular flexibility index (Phi) is 4.26. The van der Waals surface area contributed by atoms with E-state index in [9.17, 15) is 9.18 Å². The number of hydrogen-bond acceptors (Lipinski definition) is 6. The lowest BCUT2D eigenvalue weighted by atomic mass is 9.93. The van der Waals surface area contributed by atoms with E-state index < -0.39 is 23.7 Å². The molecule has 4 unspecified atom stereocenters. The van der Waals surface area contributed by atoms with Gasteiger partial charge in [-0.1, -0.05) is 12.1 Å². The zero-order valence-electron chi connectivity index (χ0n) is 13.1. The normalized spacial score (nSPS) is 35.6. The lowest BCUT2D eigenvalue weighted by Crippen LogP contribution is -2.60. The molecule has 3 aliphatic rings. The standard InChI is InChI=1S/C17H19FO6/c18-12-5-2-1-4-11(12)16(19)23-15-8-13-14(9-20-10-21-13)24-17(15)6-3-7-22-17/h1-2,4-5,13-15H,3,6-10H2. The number of esters is 1. The number of rotatable bonds is 2. The quantitative estimate of drug-likeness (QED) is 0.769. The Morgan fingerprint density at radius 2 is 2.17 bits per heavy atom. The van der Waals surface area contributed by atoms with Crippen molar-refractivity contribution >= 4 is 5.97 Å². The Bertz CT molecular complexity index is 615. The van der Waals surface area contributed by atoms with E-state index in [1.54, 1.807) is 6.07 Å². The second kappa shape index (κ2) is 6.40. The highest BCUT2D eigenvalue weighted by Crippen LogP contribution is 2.41. The summed E-state index contributed by atoms with van der Waals surface area (Å²) < 4.78 is 42.1. The van der Waals surface area contributed by atoms with E-state index in [0.29, 0.717) is 26.1 Å². The van der Waals surface area contributed by atoms with Gasteiger partial charge in [-0.3, -0.25) is 0 Å². The molecule has 1 aromatic carbocycles. The van der Waals surface area contributed by atoms with Crippen molar-refractivity contribution in [3.05, 3.63) is 35.6 Å². The van der Waals surface area contributed by atoms with E-state index >= 15 is 0 Å². The van der Waals surface area contributed by atoms with Gasteiger partial charge in [-0.05, 0) is 18.6 Å². The van der Waals surface area contributed by atoms with Crippen molar-refractivity contribution in [2.75, 3.05) is 20.0 Å². The molecule has 24 heavy (non-hydrogen) atoms. The minimum atomic E-state index is -0.994. The van der Waals surface area contributed by atoms with E-state index in [-0.39, 0.29) is 24.6 Å². The van der Waals surface area contributed by atoms with Gasteiger partial charge in [0, 0.05) is 12.8 Å². The molecule has 0 aliphatic carbocycles. The molecular weight excluding hydrogens is 319 g/mol. The highest BCUT2D eigenvalue weighted by atomic mass is 19.1. The highest BCUT2D eigenvalue weighted by Gasteiger charge is 2.55. The predicted octanol–water partition coefficient (Wildman–Crippen LogP) is 2.02. The number of benzene rings is 1. The first-order chi connectivity index (χ1) is 11.7. The number of fused-ring (bicyclic) bond motifs is 1. The van der Waals surface area contributed by atoms with Crippen LogP contribution in [0.2, 0.25) is 0 Å². The third kappa shape index (κ3) is 2.82. The van der Waals surface area contributed by atoms with Gasteiger partial charge in [0.2, 0.25) is 5.79 Å². The van der Waals surface area contributed by atoms with E-state index in [4.69, 9.17) is 23.7 Å². The molecule has 6 nitrogen and oxygen atoms in total. The molecule has 3 fully saturated rings. The van der Waals surface area contributed by atoms with Gasteiger partial charge in [0.1, 0.15) is 18.7 Å². The maximum Gasteiger partial charge on any atom is 0.341 e. The number of ether oxygens (including phenoxy) is 5. The van der Waals surface area contributed by atoms with E-state index in [1.807, 2.05) is 0 Å². The van der Waals surface area contributed by atoms with Gasteiger partial charge >= 0.3 is 5.97 Å². The Hall–Kier alpha value is -1.54. The zero-order valence-corrected chi connectivity index (χ0v) is 13.1. The minimum absolute atomic E-state index is 0.0966. The van der Waals surface area contributed by atoms with Crippen LogP contribution in [0.4, 0.5) is 4.39 Å². The topological polar surface area (TPSA) is 63.2 Å². The van der Waals surface area contributed by atoms with E-state index in [2.05, 4.69) is 0 Å². The molecule has 130 valence electrons. The van der Waals surface area contributed by atoms with Crippen molar-refractivity contribution in [3.63, 3.8) is 0 Å². The lowest BCUT2D eigenvalue weighted by Gasteiger charge is -2.47. The molecular formula is C17H19FO6. The molecule has 0 saturated carbocycles. The van der Waals surface area contributed by atoms with Gasteiger partial charge in [-0.2, -0.15) is 0 Å². The van der Waals surface area contributed by atoms with Crippen LogP contribution in [0.25, 0.3) is 0 Å². The van der Waals surface area contributed by atoms with Crippen LogP contribution in [0.1, 0.15) is 29.6 Å². The van der Waals surface area contributed by atoms with Crippen LogP contribution >= 0.6 is 0 Å². The summed E-state index contributed by atoms with van der Waals surface area (Å²) in [5.41, 5.74) is -0.0966. The summed E-state index contributed by atoms with van der Waals surface area (Å²) in [6.45, 7) is 1.14. The van der Waals surface area contributed by atoms with Crippen LogP contribution in [0, 0.1) is 5.82 Å². The van der Waals surface area contributed by atoms with Crippen LogP contribution in [0.3, 0.4) is 0 Å². The van der Waals surface area contributed by atoms with Crippen molar-refractivity contribution < 1.29 is 32.9 Å². The van der Waals surface area contributed by atoms with Crippen molar-refractivity contribution in [2.45, 2.75) is 43.4 Å². The predicted molar refractivity (Wildman–Crippen MR) is 78.7 cm³/mol. The Morgan fingerprint density at radius 1 is 1.29 bits per heavy atom. The van der Waals surface area contributed by atoms with Gasteiger partial charge in [0.25, 0.3) is 0 Å². The summed E-state index contributed by atoms with van der Waals surface area (Å²) in [5.74, 6) is -2.32. The fourth-order valence-electron chi connectivity index (χ4n) is 3.51. The molecule has 0 N–H and O–H groups in total. The zero-order chi connectivity index (χ0) is 16.6. The molecule has 4 atom stereocenters. The second-order valence-electron chi connectivity index (χ2n) is 6.22. The molecule has 0 bridgehead atoms. The number of carbonyl (C=O) groups is 1. The highest BCUT2D eigenvalue weighted by molar-refractivity contribution is 5.89. The fourth-order valence-corrected chi connectivity index (χ4v) is 3.51. The summed E-state index contributed by atoms with van der Waals surface area (Å²) in [7, 11) is 0. The average molecular weight is 338 g/mol. The lowest BCUT2D eigenvalue weighted by molar-refractivity contribution is -0.351. The summed E-state index contributed by atoms with van der Waals surface area (Å²) in [4.78, 5) is 12.4. The third-order valence-electron chi connectivity index (χ3n) is 4.71. The smallest absolute Gasteiger partial charge is 0.341 e. The average Bonchev–Trinajstić information content (AvgIpc) is 3.05. The van der Waals surface area contributed by atoms with Crippen LogP contribution in [-0.4, -0.2) is 50.1 Å². The molecule has 3 heterocycles. The molecule has 7 heteroatoms. The second-order valence-corrected chi connectivity index (χ2v) is 6.22. The molecule has 1 aromatic rings. The molecule has 1 spiro atoms. The van der Waals surface area contributed by atoms with Crippen molar-refractivity contribution in [3.8, 4) is 0 Å². The summed E-state index contributed by atoms with van der Waals surface area (Å²) in [6.07, 6.45) is 0.741. The van der Waals surface area contributed by atoms with Crippen LogP contribution < -0.4 is 0 Å². The van der Waals surface area contributed by atoms with Gasteiger partial charge < -0.3 is 23.7 Å². The number of hydrogen-bond donors (Lipinski definition) is 0. The van der Waals surface area contributed by atoms with Crippen molar-refractivity contribution in [1.82, 2.24) is 0 Å². The maximum absolute atomic E-state index is 13.8. The fraction of sp³-hybridized carbons (Fsp3) is 0.588. The monoisotopic (exact) mass is 338 g/mol. The first-order valence-electron chi connectivity index (χ1n) is 8.14. The van der Waals surface area contributed by atoms with Crippen LogP contribution in [0.15, 0.2) is 24.3 Å². The maximum atomic E-state index is 13.8. The third-order valence-corrected chi connectivity index (χ3v) is 4.71. The van der Waals surface area contributed by atoms with Crippen molar-refractivity contribution in [2.24, 2.45) is 0 Å². The molecule has 4 rings (SSSR count). The number of halogens is 1. The Balaban J connectivity index is 1.55. The molecule has 3 aliphatic heterocycles. The molecule has 0 amide bonds. The SMILES string of the molecule is O=C(OC1CC2OCOCC2OC12CCCO2)c1ccccc1F. The van der Waals surface area contributed by atoms with Gasteiger partial charge in [0.15, 0.2) is 6.10 Å². The van der Waals surface area contributed by atoms with Crippen LogP contribution in [0.5, 0.6) is 0 Å². The summed E-state index contributed by atoms with van der Waals surface area (Å²) in [5, 5.41) is 0. The Morgan fingerprint density at radius 3 is 2.96 bits per heavy atom.